The smallest absolute Gasteiger partial charge is 0.407 e. The van der Waals surface area contributed by atoms with E-state index in [1.807, 2.05) is 19.1 Å². The van der Waals surface area contributed by atoms with Gasteiger partial charge in [-0.25, -0.2) is 19.0 Å². The number of aromatic nitrogens is 1. The minimum absolute atomic E-state index is 0.0103. The highest BCUT2D eigenvalue weighted by Gasteiger charge is 2.61. The Bertz CT molecular complexity index is 1500. The van der Waals surface area contributed by atoms with Crippen molar-refractivity contribution in [3.63, 3.8) is 0 Å². The first-order valence-electron chi connectivity index (χ1n) is 16.0. The number of para-hydroxylation sites is 1. The van der Waals surface area contributed by atoms with E-state index in [1.165, 1.54) is 17.0 Å². The fraction of sp³-hybridized carbons (Fsp3) is 0.545. The highest BCUT2D eigenvalue weighted by atomic mass is 19.1. The number of aliphatic carboxylic acids is 1. The summed E-state index contributed by atoms with van der Waals surface area (Å²) in [4.78, 5) is 58.1. The van der Waals surface area contributed by atoms with E-state index < -0.39 is 53.4 Å². The Morgan fingerprint density at radius 3 is 2.83 bits per heavy atom. The van der Waals surface area contributed by atoms with Gasteiger partial charge >= 0.3 is 12.1 Å². The number of carbonyl (C=O) groups excluding carboxylic acids is 3. The predicted octanol–water partition coefficient (Wildman–Crippen LogP) is 4.11. The fourth-order valence-corrected chi connectivity index (χ4v) is 6.20. The monoisotopic (exact) mass is 640 g/mol. The minimum Gasteiger partial charge on any atom is -0.488 e. The van der Waals surface area contributed by atoms with Gasteiger partial charge < -0.3 is 34.9 Å². The molecular formula is C33H41FN4O8. The molecule has 3 aliphatic rings. The number of hydrogen-bond donors (Lipinski definition) is 3. The number of nitrogens with one attached hydrogen (secondary N) is 2. The molecule has 0 unspecified atom stereocenters. The summed E-state index contributed by atoms with van der Waals surface area (Å²) in [5, 5.41) is 16.0. The van der Waals surface area contributed by atoms with E-state index in [-0.39, 0.29) is 55.5 Å². The molecule has 2 fully saturated rings. The lowest BCUT2D eigenvalue weighted by Gasteiger charge is -2.27. The Balaban J connectivity index is 1.43. The van der Waals surface area contributed by atoms with Crippen LogP contribution in [0.3, 0.4) is 0 Å². The average molecular weight is 641 g/mol. The van der Waals surface area contributed by atoms with Gasteiger partial charge in [0.25, 0.3) is 0 Å². The van der Waals surface area contributed by atoms with Gasteiger partial charge in [-0.05, 0) is 51.2 Å². The molecule has 13 heteroatoms. The summed E-state index contributed by atoms with van der Waals surface area (Å²) in [6.07, 6.45) is 6.04. The van der Waals surface area contributed by atoms with Crippen molar-refractivity contribution in [1.29, 1.82) is 0 Å². The Labute approximate surface area is 266 Å². The topological polar surface area (TPSA) is 156 Å². The zero-order chi connectivity index (χ0) is 32.8. The van der Waals surface area contributed by atoms with Crippen LogP contribution in [-0.4, -0.2) is 82.4 Å². The van der Waals surface area contributed by atoms with Crippen molar-refractivity contribution in [3.05, 3.63) is 42.2 Å². The SMILES string of the molecule is CCCOC(=O)N[C@H]1CCCC/C=C\[C@H]2C[C@@]2(C(=O)O)NC(=O)[C@@H]2C[C@@H](Oc3cc(OCC)nc4c(F)cccc34)CN2C(=O)C1. The van der Waals surface area contributed by atoms with Crippen molar-refractivity contribution in [2.24, 2.45) is 5.92 Å². The molecule has 2 aliphatic heterocycles. The van der Waals surface area contributed by atoms with Gasteiger partial charge in [-0.2, -0.15) is 0 Å². The number of carboxylic acids is 1. The number of ether oxygens (including phenoxy) is 3. The second kappa shape index (κ2) is 14.3. The number of alkyl carbamates (subject to hydrolysis) is 1. The molecule has 1 aromatic carbocycles. The van der Waals surface area contributed by atoms with Crippen LogP contribution in [0.4, 0.5) is 9.18 Å². The summed E-state index contributed by atoms with van der Waals surface area (Å²) in [6.45, 7) is 4.21. The lowest BCUT2D eigenvalue weighted by atomic mass is 10.0. The number of fused-ring (bicyclic) bond motifs is 3. The highest BCUT2D eigenvalue weighted by molar-refractivity contribution is 5.95. The van der Waals surface area contributed by atoms with E-state index in [0.29, 0.717) is 37.7 Å². The Kier molecular flexibility index (Phi) is 10.3. The lowest BCUT2D eigenvalue weighted by molar-refractivity contribution is -0.145. The number of carboxylic acid groups (broad SMARTS) is 1. The summed E-state index contributed by atoms with van der Waals surface area (Å²) >= 11 is 0. The van der Waals surface area contributed by atoms with Crippen molar-refractivity contribution >= 4 is 34.8 Å². The molecule has 1 aromatic heterocycles. The van der Waals surface area contributed by atoms with Crippen molar-refractivity contribution in [3.8, 4) is 11.6 Å². The molecule has 1 aliphatic carbocycles. The first kappa shape index (κ1) is 33.0. The standard InChI is InChI=1S/C33H41FN4O8/c1-3-14-45-32(43)35-21-11-8-6-5-7-10-20-18-33(20,31(41)42)37-30(40)25-16-22(19-38(25)28(39)15-21)46-26-17-27(44-4-2)36-29-23(26)12-9-13-24(29)34/h7,9-10,12-13,17,20-22,25H,3-6,8,11,14-16,18-19H2,1-2H3,(H,35,43)(H,37,40)(H,41,42)/b10-7-/t20-,21-,22+,25-,33+/m0/s1. The molecule has 5 rings (SSSR count). The number of allylic oxidation sites excluding steroid dienone is 1. The minimum atomic E-state index is -1.44. The average Bonchev–Trinajstić information content (AvgIpc) is 3.55. The third-order valence-electron chi connectivity index (χ3n) is 8.67. The van der Waals surface area contributed by atoms with Gasteiger partial charge in [0.1, 0.15) is 34.8 Å². The van der Waals surface area contributed by atoms with E-state index in [9.17, 15) is 28.7 Å². The van der Waals surface area contributed by atoms with Gasteiger partial charge in [0.2, 0.25) is 17.7 Å². The molecule has 1 saturated carbocycles. The Morgan fingerprint density at radius 1 is 1.24 bits per heavy atom. The molecule has 2 aromatic rings. The molecule has 3 N–H and O–H groups in total. The van der Waals surface area contributed by atoms with Crippen LogP contribution in [0.15, 0.2) is 36.4 Å². The number of amides is 3. The summed E-state index contributed by atoms with van der Waals surface area (Å²) in [7, 11) is 0. The van der Waals surface area contributed by atoms with Gasteiger partial charge in [0, 0.05) is 36.3 Å². The molecule has 0 bridgehead atoms. The molecule has 12 nitrogen and oxygen atoms in total. The maximum Gasteiger partial charge on any atom is 0.407 e. The number of pyridine rings is 1. The lowest BCUT2D eigenvalue weighted by Crippen LogP contribution is -2.53. The Hall–Kier alpha value is -4.42. The fourth-order valence-electron chi connectivity index (χ4n) is 6.20. The molecule has 248 valence electrons. The molecule has 0 radical (unpaired) electrons. The van der Waals surface area contributed by atoms with Crippen molar-refractivity contribution in [2.45, 2.75) is 88.9 Å². The highest BCUT2D eigenvalue weighted by Crippen LogP contribution is 2.45. The normalized spacial score (nSPS) is 27.3. The molecule has 3 amide bonds. The number of benzene rings is 1. The van der Waals surface area contributed by atoms with E-state index in [4.69, 9.17) is 14.2 Å². The second-order valence-electron chi connectivity index (χ2n) is 12.0. The van der Waals surface area contributed by atoms with Gasteiger partial charge in [-0.1, -0.05) is 31.6 Å². The Morgan fingerprint density at radius 2 is 2.07 bits per heavy atom. The molecular weight excluding hydrogens is 599 g/mol. The van der Waals surface area contributed by atoms with Crippen LogP contribution in [0.2, 0.25) is 0 Å². The van der Waals surface area contributed by atoms with Crippen molar-refractivity contribution < 1.29 is 42.9 Å². The largest absolute Gasteiger partial charge is 0.488 e. The van der Waals surface area contributed by atoms with Crippen LogP contribution in [0, 0.1) is 11.7 Å². The van der Waals surface area contributed by atoms with Crippen LogP contribution in [0.25, 0.3) is 10.9 Å². The second-order valence-corrected chi connectivity index (χ2v) is 12.0. The predicted molar refractivity (Wildman–Crippen MR) is 165 cm³/mol. The van der Waals surface area contributed by atoms with Gasteiger partial charge in [0.05, 0.1) is 19.8 Å². The van der Waals surface area contributed by atoms with Crippen LogP contribution in [0.1, 0.15) is 65.2 Å². The van der Waals surface area contributed by atoms with E-state index in [1.54, 1.807) is 19.1 Å². The quantitative estimate of drug-likeness (QED) is 0.362. The van der Waals surface area contributed by atoms with Crippen LogP contribution in [0.5, 0.6) is 11.6 Å². The molecule has 5 atom stereocenters. The maximum absolute atomic E-state index is 14.7. The number of carbonyl (C=O) groups is 4. The summed E-state index contributed by atoms with van der Waals surface area (Å²) < 4.78 is 31.8. The van der Waals surface area contributed by atoms with Gasteiger partial charge in [-0.3, -0.25) is 9.59 Å². The van der Waals surface area contributed by atoms with Crippen LogP contribution >= 0.6 is 0 Å². The van der Waals surface area contributed by atoms with Crippen molar-refractivity contribution in [2.75, 3.05) is 19.8 Å². The summed E-state index contributed by atoms with van der Waals surface area (Å²) in [6, 6.07) is 4.46. The van der Waals surface area contributed by atoms with Gasteiger partial charge in [-0.15, -0.1) is 0 Å². The van der Waals surface area contributed by atoms with E-state index in [2.05, 4.69) is 15.6 Å². The maximum atomic E-state index is 14.7. The first-order valence-corrected chi connectivity index (χ1v) is 16.0. The van der Waals surface area contributed by atoms with E-state index >= 15 is 0 Å². The zero-order valence-corrected chi connectivity index (χ0v) is 26.1. The van der Waals surface area contributed by atoms with Crippen molar-refractivity contribution in [1.82, 2.24) is 20.5 Å². The first-order chi connectivity index (χ1) is 22.1. The number of nitrogens with zero attached hydrogens (tertiary/aromatic N) is 2. The zero-order valence-electron chi connectivity index (χ0n) is 26.1. The van der Waals surface area contributed by atoms with E-state index in [0.717, 1.165) is 6.42 Å². The third kappa shape index (κ3) is 7.34. The number of halogens is 1. The summed E-state index contributed by atoms with van der Waals surface area (Å²) in [5.74, 6) is -2.60. The third-order valence-corrected chi connectivity index (χ3v) is 8.67. The van der Waals surface area contributed by atoms with Crippen LogP contribution < -0.4 is 20.1 Å². The van der Waals surface area contributed by atoms with Gasteiger partial charge in [0.15, 0.2) is 0 Å². The molecule has 1 saturated heterocycles. The summed E-state index contributed by atoms with van der Waals surface area (Å²) in [5.41, 5.74) is -1.38. The molecule has 46 heavy (non-hydrogen) atoms. The number of hydrogen-bond acceptors (Lipinski definition) is 8. The molecule has 3 heterocycles. The van der Waals surface area contributed by atoms with Crippen LogP contribution in [-0.2, 0) is 19.1 Å². The molecule has 0 spiro atoms. The number of rotatable bonds is 8.